The van der Waals surface area contributed by atoms with E-state index in [2.05, 4.69) is 9.97 Å². The summed E-state index contributed by atoms with van der Waals surface area (Å²) < 4.78 is 5.12. The van der Waals surface area contributed by atoms with E-state index in [1.165, 1.54) is 17.8 Å². The van der Waals surface area contributed by atoms with Gasteiger partial charge in [0.15, 0.2) is 5.16 Å². The van der Waals surface area contributed by atoms with Crippen LogP contribution in [0.2, 0.25) is 0 Å². The molecule has 0 saturated heterocycles. The van der Waals surface area contributed by atoms with Gasteiger partial charge in [0.1, 0.15) is 11.6 Å². The smallest absolute Gasteiger partial charge is 0.253 e. The van der Waals surface area contributed by atoms with Gasteiger partial charge in [-0.1, -0.05) is 6.07 Å². The van der Waals surface area contributed by atoms with Gasteiger partial charge < -0.3 is 21.2 Å². The first-order chi connectivity index (χ1) is 8.60. The Hall–Kier alpha value is -2.15. The second-order valence-corrected chi connectivity index (χ2v) is 4.48. The Morgan fingerprint density at radius 3 is 2.83 bits per heavy atom. The molecule has 6 nitrogen and oxygen atoms in total. The number of nitrogen functional groups attached to an aromatic ring is 2. The average molecular weight is 264 g/mol. The van der Waals surface area contributed by atoms with Crippen molar-refractivity contribution in [1.82, 2.24) is 9.97 Å². The molecule has 18 heavy (non-hydrogen) atoms. The number of benzene rings is 1. The van der Waals surface area contributed by atoms with Crippen LogP contribution in [-0.2, 0) is 0 Å². The third-order valence-corrected chi connectivity index (χ3v) is 3.16. The van der Waals surface area contributed by atoms with Crippen LogP contribution in [0.15, 0.2) is 39.1 Å². The molecule has 0 fully saturated rings. The SMILES string of the molecule is COc1cccc(Sc2nc(N)cc(=O)[nH]2)c1N. The van der Waals surface area contributed by atoms with Gasteiger partial charge in [0.2, 0.25) is 0 Å². The summed E-state index contributed by atoms with van der Waals surface area (Å²) >= 11 is 1.22. The van der Waals surface area contributed by atoms with Crippen LogP contribution in [-0.4, -0.2) is 17.1 Å². The van der Waals surface area contributed by atoms with E-state index >= 15 is 0 Å². The number of rotatable bonds is 3. The number of hydrogen-bond acceptors (Lipinski definition) is 6. The molecule has 2 rings (SSSR count). The van der Waals surface area contributed by atoms with Crippen molar-refractivity contribution >= 4 is 23.3 Å². The number of hydrogen-bond donors (Lipinski definition) is 3. The second kappa shape index (κ2) is 5.01. The van der Waals surface area contributed by atoms with Crippen molar-refractivity contribution in [3.8, 4) is 5.75 Å². The van der Waals surface area contributed by atoms with E-state index in [-0.39, 0.29) is 11.4 Å². The van der Waals surface area contributed by atoms with Crippen LogP contribution < -0.4 is 21.8 Å². The zero-order chi connectivity index (χ0) is 13.1. The van der Waals surface area contributed by atoms with Gasteiger partial charge in [0.25, 0.3) is 5.56 Å². The Morgan fingerprint density at radius 1 is 1.39 bits per heavy atom. The van der Waals surface area contributed by atoms with Crippen LogP contribution in [0.5, 0.6) is 5.75 Å². The van der Waals surface area contributed by atoms with Gasteiger partial charge in [-0.2, -0.15) is 0 Å². The molecule has 0 aliphatic carbocycles. The summed E-state index contributed by atoms with van der Waals surface area (Å²) in [5.74, 6) is 0.744. The van der Waals surface area contributed by atoms with Gasteiger partial charge in [-0.15, -0.1) is 0 Å². The zero-order valence-electron chi connectivity index (χ0n) is 9.64. The molecule has 0 spiro atoms. The summed E-state index contributed by atoms with van der Waals surface area (Å²) in [6.07, 6.45) is 0. The maximum absolute atomic E-state index is 11.3. The number of methoxy groups -OCH3 is 1. The van der Waals surface area contributed by atoms with E-state index in [4.69, 9.17) is 16.2 Å². The minimum Gasteiger partial charge on any atom is -0.495 e. The monoisotopic (exact) mass is 264 g/mol. The predicted octanol–water partition coefficient (Wildman–Crippen LogP) is 1.09. The molecule has 1 aromatic carbocycles. The zero-order valence-corrected chi connectivity index (χ0v) is 10.5. The van der Waals surface area contributed by atoms with Crippen molar-refractivity contribution in [2.24, 2.45) is 0 Å². The van der Waals surface area contributed by atoms with E-state index in [1.807, 2.05) is 12.1 Å². The Balaban J connectivity index is 2.37. The highest BCUT2D eigenvalue weighted by molar-refractivity contribution is 7.99. The minimum atomic E-state index is -0.300. The minimum absolute atomic E-state index is 0.169. The number of nitrogens with one attached hydrogen (secondary N) is 1. The lowest BCUT2D eigenvalue weighted by atomic mass is 10.3. The van der Waals surface area contributed by atoms with Gasteiger partial charge in [-0.05, 0) is 23.9 Å². The molecule has 0 amide bonds. The summed E-state index contributed by atoms with van der Waals surface area (Å²) in [4.78, 5) is 18.6. The van der Waals surface area contributed by atoms with Crippen LogP contribution in [0, 0.1) is 0 Å². The fourth-order valence-electron chi connectivity index (χ4n) is 1.40. The van der Waals surface area contributed by atoms with Crippen molar-refractivity contribution in [3.05, 3.63) is 34.6 Å². The highest BCUT2D eigenvalue weighted by atomic mass is 32.2. The lowest BCUT2D eigenvalue weighted by Gasteiger charge is -2.08. The summed E-state index contributed by atoms with van der Waals surface area (Å²) in [6.45, 7) is 0. The molecule has 1 aromatic heterocycles. The second-order valence-electron chi connectivity index (χ2n) is 3.45. The fourth-order valence-corrected chi connectivity index (χ4v) is 2.26. The maximum Gasteiger partial charge on any atom is 0.253 e. The van der Waals surface area contributed by atoms with Crippen molar-refractivity contribution in [2.45, 2.75) is 10.1 Å². The molecule has 5 N–H and O–H groups in total. The summed E-state index contributed by atoms with van der Waals surface area (Å²) in [7, 11) is 1.54. The van der Waals surface area contributed by atoms with Gasteiger partial charge >= 0.3 is 0 Å². The number of aromatic nitrogens is 2. The lowest BCUT2D eigenvalue weighted by Crippen LogP contribution is -2.09. The van der Waals surface area contributed by atoms with Gasteiger partial charge in [-0.25, -0.2) is 4.98 Å². The van der Waals surface area contributed by atoms with Crippen LogP contribution in [0.25, 0.3) is 0 Å². The maximum atomic E-state index is 11.3. The molecule has 0 aliphatic rings. The molecule has 1 heterocycles. The fraction of sp³-hybridized carbons (Fsp3) is 0.0909. The summed E-state index contributed by atoms with van der Waals surface area (Å²) in [6, 6.07) is 6.60. The average Bonchev–Trinajstić information content (AvgIpc) is 2.30. The number of ether oxygens (including phenoxy) is 1. The molecule has 0 aliphatic heterocycles. The number of para-hydroxylation sites is 1. The molecule has 7 heteroatoms. The molecule has 0 unspecified atom stereocenters. The Bertz CT molecular complexity index is 627. The van der Waals surface area contributed by atoms with Crippen molar-refractivity contribution in [3.63, 3.8) is 0 Å². The molecule has 0 radical (unpaired) electrons. The van der Waals surface area contributed by atoms with Crippen LogP contribution >= 0.6 is 11.8 Å². The molecular weight excluding hydrogens is 252 g/mol. The van der Waals surface area contributed by atoms with Crippen LogP contribution in [0.3, 0.4) is 0 Å². The molecule has 0 atom stereocenters. The van der Waals surface area contributed by atoms with Gasteiger partial charge in [0, 0.05) is 11.0 Å². The first kappa shape index (κ1) is 12.3. The normalized spacial score (nSPS) is 10.3. The molecule has 0 bridgehead atoms. The number of aromatic amines is 1. The highest BCUT2D eigenvalue weighted by Crippen LogP contribution is 2.35. The van der Waals surface area contributed by atoms with Crippen LogP contribution in [0.1, 0.15) is 0 Å². The first-order valence-electron chi connectivity index (χ1n) is 5.07. The Labute approximate surface area is 107 Å². The van der Waals surface area contributed by atoms with E-state index in [1.54, 1.807) is 13.2 Å². The Morgan fingerprint density at radius 2 is 2.17 bits per heavy atom. The number of nitrogens with zero attached hydrogens (tertiary/aromatic N) is 1. The quantitative estimate of drug-likeness (QED) is 0.566. The van der Waals surface area contributed by atoms with E-state index in [9.17, 15) is 4.79 Å². The first-order valence-corrected chi connectivity index (χ1v) is 5.89. The van der Waals surface area contributed by atoms with E-state index in [0.717, 1.165) is 4.90 Å². The Kier molecular flexibility index (Phi) is 3.42. The van der Waals surface area contributed by atoms with Gasteiger partial charge in [-0.3, -0.25) is 4.79 Å². The predicted molar refractivity (Wildman–Crippen MR) is 70.8 cm³/mol. The van der Waals surface area contributed by atoms with E-state index in [0.29, 0.717) is 16.6 Å². The molecular formula is C11H12N4O2S. The summed E-state index contributed by atoms with van der Waals surface area (Å²) in [5, 5.41) is 0.389. The largest absolute Gasteiger partial charge is 0.495 e. The van der Waals surface area contributed by atoms with E-state index < -0.39 is 0 Å². The van der Waals surface area contributed by atoms with Crippen molar-refractivity contribution < 1.29 is 4.74 Å². The third-order valence-electron chi connectivity index (χ3n) is 2.19. The van der Waals surface area contributed by atoms with Gasteiger partial charge in [0.05, 0.1) is 12.8 Å². The van der Waals surface area contributed by atoms with Crippen LogP contribution in [0.4, 0.5) is 11.5 Å². The molecule has 2 aromatic rings. The molecule has 0 saturated carbocycles. The third kappa shape index (κ3) is 2.57. The lowest BCUT2D eigenvalue weighted by molar-refractivity contribution is 0.416. The standard InChI is InChI=1S/C11H12N4O2S/c1-17-6-3-2-4-7(10(6)13)18-11-14-8(12)5-9(16)15-11/h2-5H,13H2,1H3,(H3,12,14,15,16). The number of anilines is 2. The topological polar surface area (TPSA) is 107 Å². The number of H-pyrrole nitrogens is 1. The highest BCUT2D eigenvalue weighted by Gasteiger charge is 2.08. The van der Waals surface area contributed by atoms with Crippen molar-refractivity contribution in [1.29, 1.82) is 0 Å². The summed E-state index contributed by atoms with van der Waals surface area (Å²) in [5.41, 5.74) is 11.6. The molecule has 94 valence electrons. The number of nitrogens with two attached hydrogens (primary N) is 2. The van der Waals surface area contributed by atoms with Crippen molar-refractivity contribution in [2.75, 3.05) is 18.6 Å².